The van der Waals surface area contributed by atoms with Gasteiger partial charge in [0, 0.05) is 19.0 Å². The third-order valence-corrected chi connectivity index (χ3v) is 4.93. The number of hydrogen-bond acceptors (Lipinski definition) is 4. The van der Waals surface area contributed by atoms with E-state index in [0.717, 1.165) is 25.0 Å². The van der Waals surface area contributed by atoms with Crippen LogP contribution in [-0.2, 0) is 14.8 Å². The van der Waals surface area contributed by atoms with E-state index in [4.69, 9.17) is 17.3 Å². The van der Waals surface area contributed by atoms with Gasteiger partial charge in [0.1, 0.15) is 10.7 Å². The van der Waals surface area contributed by atoms with Crippen LogP contribution in [0.15, 0.2) is 17.0 Å². The highest BCUT2D eigenvalue weighted by molar-refractivity contribution is 7.89. The molecule has 116 valence electrons. The van der Waals surface area contributed by atoms with Crippen LogP contribution >= 0.6 is 11.6 Å². The molecule has 1 aliphatic rings. The highest BCUT2D eigenvalue weighted by atomic mass is 35.5. The minimum Gasteiger partial charge on any atom is -0.396 e. The van der Waals surface area contributed by atoms with Gasteiger partial charge in [-0.2, -0.15) is 0 Å². The highest BCUT2D eigenvalue weighted by Crippen LogP contribution is 2.28. The maximum absolute atomic E-state index is 13.2. The molecule has 0 aliphatic heterocycles. The standard InChI is InChI=1S/C12H15ClFN3O3S/c13-8-5-9(14)10(15)6-11(8)21(19,20)17-4-3-16-12(18)7-1-2-7/h5-7,17H,1-4,15H2,(H,16,18). The summed E-state index contributed by atoms with van der Waals surface area (Å²) < 4.78 is 39.5. The molecule has 0 saturated heterocycles. The minimum atomic E-state index is -3.91. The Bertz CT molecular complexity index is 662. The molecule has 0 radical (unpaired) electrons. The predicted molar refractivity (Wildman–Crippen MR) is 76.7 cm³/mol. The zero-order valence-corrected chi connectivity index (χ0v) is 12.6. The van der Waals surface area contributed by atoms with Gasteiger partial charge >= 0.3 is 0 Å². The van der Waals surface area contributed by atoms with E-state index in [1.807, 2.05) is 0 Å². The fraction of sp³-hybridized carbons (Fsp3) is 0.417. The summed E-state index contributed by atoms with van der Waals surface area (Å²) in [7, 11) is -3.91. The van der Waals surface area contributed by atoms with E-state index in [-0.39, 0.29) is 40.5 Å². The maximum Gasteiger partial charge on any atom is 0.242 e. The Morgan fingerprint density at radius 3 is 2.67 bits per heavy atom. The number of nitrogens with two attached hydrogens (primary N) is 1. The number of nitrogen functional groups attached to an aromatic ring is 1. The van der Waals surface area contributed by atoms with Crippen LogP contribution in [0.3, 0.4) is 0 Å². The van der Waals surface area contributed by atoms with E-state index in [1.165, 1.54) is 0 Å². The van der Waals surface area contributed by atoms with Crippen molar-refractivity contribution in [3.05, 3.63) is 23.0 Å². The van der Waals surface area contributed by atoms with E-state index in [2.05, 4.69) is 10.0 Å². The van der Waals surface area contributed by atoms with Gasteiger partial charge in [-0.25, -0.2) is 17.5 Å². The van der Waals surface area contributed by atoms with Crippen LogP contribution in [0.25, 0.3) is 0 Å². The second-order valence-electron chi connectivity index (χ2n) is 4.77. The summed E-state index contributed by atoms with van der Waals surface area (Å²) in [5.74, 6) is -0.790. The molecule has 0 heterocycles. The fourth-order valence-corrected chi connectivity index (χ4v) is 3.27. The van der Waals surface area contributed by atoms with Gasteiger partial charge < -0.3 is 11.1 Å². The normalized spacial score (nSPS) is 15.0. The summed E-state index contributed by atoms with van der Waals surface area (Å²) in [6, 6.07) is 1.81. The Hall–Kier alpha value is -1.38. The molecule has 6 nitrogen and oxygen atoms in total. The lowest BCUT2D eigenvalue weighted by molar-refractivity contribution is -0.122. The summed E-state index contributed by atoms with van der Waals surface area (Å²) in [5.41, 5.74) is 5.03. The third-order valence-electron chi connectivity index (χ3n) is 3.01. The second kappa shape index (κ2) is 6.17. The molecule has 1 aliphatic carbocycles. The molecule has 9 heteroatoms. The zero-order chi connectivity index (χ0) is 15.6. The molecule has 1 amide bonds. The van der Waals surface area contributed by atoms with Gasteiger partial charge in [0.25, 0.3) is 0 Å². The molecule has 0 bridgehead atoms. The van der Waals surface area contributed by atoms with Crippen LogP contribution in [0.4, 0.5) is 10.1 Å². The monoisotopic (exact) mass is 335 g/mol. The number of anilines is 1. The first-order valence-electron chi connectivity index (χ1n) is 6.33. The van der Waals surface area contributed by atoms with Crippen LogP contribution < -0.4 is 15.8 Å². The van der Waals surface area contributed by atoms with Gasteiger partial charge in [0.15, 0.2) is 0 Å². The molecule has 1 saturated carbocycles. The molecule has 0 spiro atoms. The summed E-state index contributed by atoms with van der Waals surface area (Å²) in [4.78, 5) is 11.1. The van der Waals surface area contributed by atoms with E-state index < -0.39 is 15.8 Å². The highest BCUT2D eigenvalue weighted by Gasteiger charge is 2.29. The Balaban J connectivity index is 1.95. The topological polar surface area (TPSA) is 101 Å². The molecule has 0 atom stereocenters. The minimum absolute atomic E-state index is 0.00834. The smallest absolute Gasteiger partial charge is 0.242 e. The van der Waals surface area contributed by atoms with E-state index in [9.17, 15) is 17.6 Å². The van der Waals surface area contributed by atoms with Crippen molar-refractivity contribution in [3.63, 3.8) is 0 Å². The summed E-state index contributed by atoms with van der Waals surface area (Å²) in [5, 5.41) is 2.37. The number of halogens is 2. The number of hydrogen-bond donors (Lipinski definition) is 3. The van der Waals surface area contributed by atoms with Gasteiger partial charge in [-0.05, 0) is 25.0 Å². The lowest BCUT2D eigenvalue weighted by Gasteiger charge is -2.10. The van der Waals surface area contributed by atoms with Crippen molar-refractivity contribution in [2.75, 3.05) is 18.8 Å². The van der Waals surface area contributed by atoms with Crippen molar-refractivity contribution in [2.24, 2.45) is 5.92 Å². The summed E-state index contributed by atoms with van der Waals surface area (Å²) in [6.45, 7) is 0.178. The van der Waals surface area contributed by atoms with E-state index in [1.54, 1.807) is 0 Å². The summed E-state index contributed by atoms with van der Waals surface area (Å²) >= 11 is 5.71. The Kier molecular flexibility index (Phi) is 4.70. The molecular formula is C12H15ClFN3O3S. The number of rotatable bonds is 6. The van der Waals surface area contributed by atoms with Crippen LogP contribution in [0.1, 0.15) is 12.8 Å². The van der Waals surface area contributed by atoms with Crippen molar-refractivity contribution in [2.45, 2.75) is 17.7 Å². The van der Waals surface area contributed by atoms with Crippen molar-refractivity contribution < 1.29 is 17.6 Å². The lowest BCUT2D eigenvalue weighted by atomic mass is 10.3. The molecule has 1 aromatic carbocycles. The zero-order valence-electron chi connectivity index (χ0n) is 11.0. The molecule has 21 heavy (non-hydrogen) atoms. The quantitative estimate of drug-likeness (QED) is 0.530. The first-order valence-corrected chi connectivity index (χ1v) is 8.19. The number of carbonyl (C=O) groups excluding carboxylic acids is 1. The van der Waals surface area contributed by atoms with Gasteiger partial charge in [0.2, 0.25) is 15.9 Å². The molecule has 4 N–H and O–H groups in total. The van der Waals surface area contributed by atoms with Gasteiger partial charge in [-0.3, -0.25) is 4.79 Å². The average Bonchev–Trinajstić information content (AvgIpc) is 3.23. The second-order valence-corrected chi connectivity index (χ2v) is 6.91. The molecule has 0 aromatic heterocycles. The number of amides is 1. The number of nitrogens with one attached hydrogen (secondary N) is 2. The first kappa shape index (κ1) is 16.0. The van der Waals surface area contributed by atoms with Crippen LogP contribution in [0, 0.1) is 11.7 Å². The molecule has 1 fully saturated rings. The number of benzene rings is 1. The third kappa shape index (κ3) is 4.05. The van der Waals surface area contributed by atoms with Gasteiger partial charge in [-0.1, -0.05) is 11.6 Å². The Labute approximate surface area is 126 Å². The molecule has 0 unspecified atom stereocenters. The van der Waals surface area contributed by atoms with Crippen molar-refractivity contribution in [1.82, 2.24) is 10.0 Å². The average molecular weight is 336 g/mol. The lowest BCUT2D eigenvalue weighted by Crippen LogP contribution is -2.35. The van der Waals surface area contributed by atoms with Crippen molar-refractivity contribution in [3.8, 4) is 0 Å². The largest absolute Gasteiger partial charge is 0.396 e. The molecule has 1 aromatic rings. The number of carbonyl (C=O) groups is 1. The number of sulfonamides is 1. The van der Waals surface area contributed by atoms with Crippen LogP contribution in [0.5, 0.6) is 0 Å². The fourth-order valence-electron chi connectivity index (χ4n) is 1.69. The Morgan fingerprint density at radius 2 is 2.05 bits per heavy atom. The van der Waals surface area contributed by atoms with E-state index >= 15 is 0 Å². The van der Waals surface area contributed by atoms with Crippen LogP contribution in [-0.4, -0.2) is 27.4 Å². The summed E-state index contributed by atoms with van der Waals surface area (Å²) in [6.07, 6.45) is 1.75. The van der Waals surface area contributed by atoms with Crippen molar-refractivity contribution >= 4 is 33.2 Å². The van der Waals surface area contributed by atoms with Gasteiger partial charge in [0.05, 0.1) is 10.7 Å². The predicted octanol–water partition coefficient (Wildman–Crippen LogP) is 0.866. The van der Waals surface area contributed by atoms with Crippen LogP contribution in [0.2, 0.25) is 5.02 Å². The molecular weight excluding hydrogens is 321 g/mol. The molecule has 2 rings (SSSR count). The first-order chi connectivity index (χ1) is 9.81. The van der Waals surface area contributed by atoms with E-state index in [0.29, 0.717) is 0 Å². The Morgan fingerprint density at radius 1 is 1.38 bits per heavy atom. The SMILES string of the molecule is Nc1cc(S(=O)(=O)NCCNC(=O)C2CC2)c(Cl)cc1F. The van der Waals surface area contributed by atoms with Gasteiger partial charge in [-0.15, -0.1) is 0 Å². The van der Waals surface area contributed by atoms with Crippen molar-refractivity contribution in [1.29, 1.82) is 0 Å². The maximum atomic E-state index is 13.2.